The number of rotatable bonds is 9. The Morgan fingerprint density at radius 1 is 0.179 bits per heavy atom. The first-order chi connectivity index (χ1) is 52.5. The van der Waals surface area contributed by atoms with Gasteiger partial charge in [-0.2, -0.15) is 0 Å². The largest absolute Gasteiger partial charge is 0.456 e. The molecule has 0 radical (unpaired) electrons. The molecule has 0 amide bonds. The molecule has 0 aliphatic heterocycles. The molecular formula is C98H57N5O3. The van der Waals surface area contributed by atoms with Gasteiger partial charge in [0.05, 0.1) is 44.5 Å². The molecule has 23 aromatic rings. The van der Waals surface area contributed by atoms with Crippen LogP contribution in [-0.4, -0.2) is 23.7 Å². The number of fused-ring (bicyclic) bond motifs is 19. The fourth-order valence-electron chi connectivity index (χ4n) is 17.0. The zero-order valence-electron chi connectivity index (χ0n) is 56.9. The second-order valence-corrected chi connectivity index (χ2v) is 28.0. The molecule has 0 atom stereocenters. The molecule has 8 heteroatoms. The van der Waals surface area contributed by atoms with Gasteiger partial charge >= 0.3 is 0 Å². The maximum absolute atomic E-state index is 6.42. The van der Waals surface area contributed by atoms with Gasteiger partial charge < -0.3 is 27.0 Å². The summed E-state index contributed by atoms with van der Waals surface area (Å²) in [4.78, 5) is 11.2. The summed E-state index contributed by atoms with van der Waals surface area (Å²) in [5.41, 5.74) is 26.1. The van der Waals surface area contributed by atoms with Crippen molar-refractivity contribution in [3.8, 4) is 84.3 Å². The monoisotopic (exact) mass is 1350 g/mol. The van der Waals surface area contributed by atoms with Crippen molar-refractivity contribution in [2.75, 3.05) is 0 Å². The molecule has 0 unspecified atom stereocenters. The van der Waals surface area contributed by atoms with Crippen molar-refractivity contribution in [2.24, 2.45) is 0 Å². The van der Waals surface area contributed by atoms with Crippen molar-refractivity contribution in [3.63, 3.8) is 0 Å². The Morgan fingerprint density at radius 3 is 0.934 bits per heavy atom. The number of benzene rings is 16. The minimum absolute atomic E-state index is 0.613. The Hall–Kier alpha value is -14.3. The number of nitrogens with zero attached hydrogens (tertiary/aromatic N) is 5. The minimum atomic E-state index is 0.613. The Morgan fingerprint density at radius 2 is 0.491 bits per heavy atom. The highest BCUT2D eigenvalue weighted by Gasteiger charge is 2.22. The van der Waals surface area contributed by atoms with Gasteiger partial charge in [0.2, 0.25) is 0 Å². The van der Waals surface area contributed by atoms with Gasteiger partial charge in [-0.3, -0.25) is 0 Å². The Bertz CT molecular complexity index is 7390. The minimum Gasteiger partial charge on any atom is -0.456 e. The van der Waals surface area contributed by atoms with Crippen LogP contribution in [0.3, 0.4) is 0 Å². The second kappa shape index (κ2) is 22.6. The first-order valence-corrected chi connectivity index (χ1v) is 36.0. The molecule has 0 aliphatic rings. The fraction of sp³-hybridized carbons (Fsp3) is 0. The number of aromatic nitrogens is 5. The number of hydrogen-bond donors (Lipinski definition) is 0. The molecule has 16 aromatic carbocycles. The predicted molar refractivity (Wildman–Crippen MR) is 437 cm³/mol. The standard InChI is InChI=1S/C98H57N5O3/c1-7-25-86-72(19-1)75-41-34-60(63-37-44-81-78-22-4-10-28-92(78)104-95(81)54-63)51-89(75)101(86)69-17-13-15-66(49-69)84-57-85(100-98(99-84)68-16-14-18-70(50-68)102-87-26-8-2-20-73(87)76-42-35-61(52-90(76)102)64-38-45-82-79-23-5-11-29-93(79)105-96(82)55-64)67-32-31-59-48-71(40-33-58(59)47-67)103-88-27-9-3-21-74(88)77-43-36-62(53-91(77)103)65-39-46-83-80-24-6-12-30-94(80)106-97(83)56-65/h1-57H. The molecule has 0 fully saturated rings. The van der Waals surface area contributed by atoms with Gasteiger partial charge in [-0.25, -0.2) is 9.97 Å². The van der Waals surface area contributed by atoms with E-state index in [4.69, 9.17) is 23.2 Å². The fourth-order valence-corrected chi connectivity index (χ4v) is 17.0. The average Bonchev–Trinajstić information content (AvgIpc) is 1.62. The lowest BCUT2D eigenvalue weighted by Gasteiger charge is -2.14. The van der Waals surface area contributed by atoms with E-state index in [2.05, 4.69) is 323 Å². The maximum Gasteiger partial charge on any atom is 0.160 e. The smallest absolute Gasteiger partial charge is 0.160 e. The molecule has 7 aromatic heterocycles. The van der Waals surface area contributed by atoms with Gasteiger partial charge in [0.1, 0.15) is 33.5 Å². The highest BCUT2D eigenvalue weighted by atomic mass is 16.3. The van der Waals surface area contributed by atoms with Crippen molar-refractivity contribution >= 4 is 142 Å². The second-order valence-electron chi connectivity index (χ2n) is 28.0. The van der Waals surface area contributed by atoms with E-state index in [1.54, 1.807) is 0 Å². The van der Waals surface area contributed by atoms with Crippen LogP contribution >= 0.6 is 0 Å². The summed E-state index contributed by atoms with van der Waals surface area (Å²) in [6.45, 7) is 0. The molecule has 0 N–H and O–H groups in total. The van der Waals surface area contributed by atoms with Crippen LogP contribution in [0.5, 0.6) is 0 Å². The first-order valence-electron chi connectivity index (χ1n) is 36.0. The van der Waals surface area contributed by atoms with Crippen molar-refractivity contribution < 1.29 is 13.3 Å². The molecule has 0 aliphatic carbocycles. The molecular weight excluding hydrogens is 1300 g/mol. The highest BCUT2D eigenvalue weighted by Crippen LogP contribution is 2.44. The molecule has 7 heterocycles. The molecule has 0 spiro atoms. The normalized spacial score (nSPS) is 12.2. The summed E-state index contributed by atoms with van der Waals surface area (Å²) < 4.78 is 26.4. The zero-order chi connectivity index (χ0) is 69.2. The quantitative estimate of drug-likeness (QED) is 0.144. The van der Waals surface area contributed by atoms with E-state index >= 15 is 0 Å². The molecule has 106 heavy (non-hydrogen) atoms. The van der Waals surface area contributed by atoms with Crippen LogP contribution in [0.25, 0.3) is 226 Å². The van der Waals surface area contributed by atoms with Crippen molar-refractivity contribution in [2.45, 2.75) is 0 Å². The molecule has 23 rings (SSSR count). The molecule has 0 saturated carbocycles. The summed E-state index contributed by atoms with van der Waals surface area (Å²) in [6.07, 6.45) is 0. The van der Waals surface area contributed by atoms with E-state index in [-0.39, 0.29) is 0 Å². The Kier molecular flexibility index (Phi) is 12.4. The van der Waals surface area contributed by atoms with Crippen LogP contribution in [0.4, 0.5) is 0 Å². The summed E-state index contributed by atoms with van der Waals surface area (Å²) in [5.74, 6) is 0.613. The van der Waals surface area contributed by atoms with Gasteiger partial charge in [0, 0.05) is 98.4 Å². The van der Waals surface area contributed by atoms with Crippen LogP contribution in [0, 0.1) is 0 Å². The third kappa shape index (κ3) is 9.01. The van der Waals surface area contributed by atoms with E-state index < -0.39 is 0 Å². The number of hydrogen-bond acceptors (Lipinski definition) is 5. The topological polar surface area (TPSA) is 80.0 Å². The third-order valence-corrected chi connectivity index (χ3v) is 22.0. The van der Waals surface area contributed by atoms with E-state index in [0.29, 0.717) is 5.82 Å². The van der Waals surface area contributed by atoms with Crippen LogP contribution in [0.2, 0.25) is 0 Å². The maximum atomic E-state index is 6.42. The van der Waals surface area contributed by atoms with E-state index in [9.17, 15) is 0 Å². The Labute approximate surface area is 605 Å². The van der Waals surface area contributed by atoms with E-state index in [1.807, 2.05) is 36.4 Å². The van der Waals surface area contributed by atoms with Gasteiger partial charge in [-0.15, -0.1) is 0 Å². The van der Waals surface area contributed by atoms with Crippen molar-refractivity contribution in [3.05, 3.63) is 346 Å². The lowest BCUT2D eigenvalue weighted by atomic mass is 10.0. The highest BCUT2D eigenvalue weighted by molar-refractivity contribution is 6.15. The lowest BCUT2D eigenvalue weighted by molar-refractivity contribution is 0.668. The van der Waals surface area contributed by atoms with Crippen molar-refractivity contribution in [1.29, 1.82) is 0 Å². The molecule has 8 nitrogen and oxygen atoms in total. The first kappa shape index (κ1) is 58.3. The number of para-hydroxylation sites is 6. The summed E-state index contributed by atoms with van der Waals surface area (Å²) >= 11 is 0. The van der Waals surface area contributed by atoms with E-state index in [0.717, 1.165) is 188 Å². The third-order valence-electron chi connectivity index (χ3n) is 22.0. The van der Waals surface area contributed by atoms with Crippen LogP contribution in [0.1, 0.15) is 0 Å². The Balaban J connectivity index is 0.666. The zero-order valence-corrected chi connectivity index (χ0v) is 56.9. The van der Waals surface area contributed by atoms with Crippen LogP contribution in [0.15, 0.2) is 359 Å². The van der Waals surface area contributed by atoms with Gasteiger partial charge in [-0.05, 0) is 184 Å². The van der Waals surface area contributed by atoms with E-state index in [1.165, 1.54) is 32.3 Å². The molecule has 0 saturated heterocycles. The van der Waals surface area contributed by atoms with Crippen LogP contribution < -0.4 is 0 Å². The SMILES string of the molecule is c1cc(-c2cc(-c3ccc4cc(-n5c6ccccc6c6ccc(-c7ccc8c(c7)oc7ccccc78)cc65)ccc4c3)nc(-c3cccc(-n4c5ccccc5c5ccc(-c6ccc7c(c6)oc6ccccc67)cc54)c3)n2)cc(-n2c3ccccc3c3ccc(-c4ccc5c(c4)oc4ccccc45)cc32)c1. The summed E-state index contributed by atoms with van der Waals surface area (Å²) in [6, 6.07) is 124. The predicted octanol–water partition coefficient (Wildman–Crippen LogP) is 26.6. The van der Waals surface area contributed by atoms with Crippen LogP contribution in [-0.2, 0) is 0 Å². The lowest BCUT2D eigenvalue weighted by Crippen LogP contribution is -1.99. The molecule has 0 bridgehead atoms. The van der Waals surface area contributed by atoms with Gasteiger partial charge in [0.15, 0.2) is 5.82 Å². The summed E-state index contributed by atoms with van der Waals surface area (Å²) in [5, 5.41) is 16.0. The van der Waals surface area contributed by atoms with Gasteiger partial charge in [-0.1, -0.05) is 206 Å². The average molecular weight is 1350 g/mol. The van der Waals surface area contributed by atoms with Gasteiger partial charge in [0.25, 0.3) is 0 Å². The summed E-state index contributed by atoms with van der Waals surface area (Å²) in [7, 11) is 0. The number of furan rings is 3. The molecule has 492 valence electrons. The van der Waals surface area contributed by atoms with Crippen molar-refractivity contribution in [1.82, 2.24) is 23.7 Å².